The van der Waals surface area contributed by atoms with Crippen molar-refractivity contribution >= 4 is 23.9 Å². The Bertz CT molecular complexity index is 1020. The van der Waals surface area contributed by atoms with E-state index in [1.807, 2.05) is 24.4 Å². The highest BCUT2D eigenvalue weighted by Gasteiger charge is 2.23. The molecular weight excluding hydrogens is 420 g/mol. The fourth-order valence-electron chi connectivity index (χ4n) is 4.17. The van der Waals surface area contributed by atoms with Gasteiger partial charge in [-0.05, 0) is 85.8 Å². The number of anilines is 1. The molecule has 0 radical (unpaired) electrons. The molecule has 32 heavy (non-hydrogen) atoms. The summed E-state index contributed by atoms with van der Waals surface area (Å²) in [5, 5.41) is 2.26. The van der Waals surface area contributed by atoms with Crippen LogP contribution in [0.1, 0.15) is 35.4 Å². The van der Waals surface area contributed by atoms with E-state index in [2.05, 4.69) is 46.1 Å². The third-order valence-electron chi connectivity index (χ3n) is 5.91. The number of hydrogen-bond acceptors (Lipinski definition) is 6. The number of hydroxylamine groups is 1. The van der Waals surface area contributed by atoms with Gasteiger partial charge in [-0.25, -0.2) is 4.98 Å². The monoisotopic (exact) mass is 448 g/mol. The van der Waals surface area contributed by atoms with Gasteiger partial charge in [-0.1, -0.05) is 23.9 Å². The summed E-state index contributed by atoms with van der Waals surface area (Å²) in [4.78, 5) is 28.7. The fraction of sp³-hybridized carbons (Fsp3) is 0.320. The van der Waals surface area contributed by atoms with E-state index in [9.17, 15) is 4.79 Å². The maximum absolute atomic E-state index is 11.2. The number of carbonyl (C=O) groups is 1. The lowest BCUT2D eigenvalue weighted by Crippen LogP contribution is -2.32. The summed E-state index contributed by atoms with van der Waals surface area (Å²) in [6.07, 6.45) is 8.49. The predicted molar refractivity (Wildman–Crippen MR) is 127 cm³/mol. The van der Waals surface area contributed by atoms with E-state index in [0.29, 0.717) is 12.3 Å². The smallest absolute Gasteiger partial charge is 0.238 e. The first-order chi connectivity index (χ1) is 15.7. The Labute approximate surface area is 193 Å². The zero-order chi connectivity index (χ0) is 22.3. The lowest BCUT2D eigenvalue weighted by Gasteiger charge is -2.33. The molecule has 0 N–H and O–H groups in total. The van der Waals surface area contributed by atoms with Gasteiger partial charge >= 0.3 is 0 Å². The minimum atomic E-state index is 0.494. The molecule has 6 nitrogen and oxygen atoms in total. The Morgan fingerprint density at radius 2 is 1.94 bits per heavy atom. The van der Waals surface area contributed by atoms with Gasteiger partial charge in [0.2, 0.25) is 6.41 Å². The molecular formula is C25H28N4O2S. The Morgan fingerprint density at radius 3 is 2.59 bits per heavy atom. The second-order valence-electron chi connectivity index (χ2n) is 7.99. The largest absolute Gasteiger partial charge is 0.299 e. The van der Waals surface area contributed by atoms with Crippen molar-refractivity contribution in [3.8, 4) is 0 Å². The summed E-state index contributed by atoms with van der Waals surface area (Å²) in [7, 11) is 1.51. The van der Waals surface area contributed by atoms with Crippen LogP contribution >= 0.6 is 11.8 Å². The molecule has 4 rings (SSSR count). The topological polar surface area (TPSA) is 58.6 Å². The van der Waals surface area contributed by atoms with Crippen LogP contribution in [0.15, 0.2) is 71.0 Å². The van der Waals surface area contributed by atoms with E-state index in [4.69, 9.17) is 4.84 Å². The van der Waals surface area contributed by atoms with E-state index < -0.39 is 0 Å². The Hall–Kier alpha value is -2.74. The zero-order valence-electron chi connectivity index (χ0n) is 18.5. The van der Waals surface area contributed by atoms with E-state index in [-0.39, 0.29) is 0 Å². The number of carbonyl (C=O) groups excluding carboxylic acids is 1. The summed E-state index contributed by atoms with van der Waals surface area (Å²) in [6.45, 7) is 5.15. The molecule has 1 saturated heterocycles. The first-order valence-electron chi connectivity index (χ1n) is 10.8. The average molecular weight is 449 g/mol. The van der Waals surface area contributed by atoms with Crippen LogP contribution in [0.4, 0.5) is 5.69 Å². The van der Waals surface area contributed by atoms with E-state index in [1.54, 1.807) is 24.2 Å². The van der Waals surface area contributed by atoms with Crippen molar-refractivity contribution in [1.29, 1.82) is 0 Å². The normalized spacial score (nSPS) is 14.9. The number of likely N-dealkylation sites (tertiary alicyclic amines) is 1. The third kappa shape index (κ3) is 5.54. The number of aryl methyl sites for hydroxylation is 1. The summed E-state index contributed by atoms with van der Waals surface area (Å²) >= 11 is 1.65. The van der Waals surface area contributed by atoms with Crippen molar-refractivity contribution in [2.75, 3.05) is 25.3 Å². The van der Waals surface area contributed by atoms with Crippen LogP contribution in [-0.4, -0.2) is 41.5 Å². The van der Waals surface area contributed by atoms with Gasteiger partial charge in [-0.15, -0.1) is 0 Å². The van der Waals surface area contributed by atoms with Crippen LogP contribution in [0, 0.1) is 6.92 Å². The number of nitrogens with zero attached hydrogens (tertiary/aromatic N) is 4. The summed E-state index contributed by atoms with van der Waals surface area (Å²) in [5.41, 5.74) is 4.59. The van der Waals surface area contributed by atoms with Crippen LogP contribution in [0.3, 0.4) is 0 Å². The minimum Gasteiger partial charge on any atom is -0.299 e. The molecule has 0 spiro atoms. The molecule has 3 aromatic rings. The van der Waals surface area contributed by atoms with Gasteiger partial charge in [-0.2, -0.15) is 5.06 Å². The SMILES string of the molecule is CON(C=O)c1ccc(C)c(C2CCN(Cc3ccc(Sc4ccncc4)nc3)CC2)c1. The lowest BCUT2D eigenvalue weighted by atomic mass is 9.86. The molecule has 7 heteroatoms. The Kier molecular flexibility index (Phi) is 7.52. The molecule has 1 fully saturated rings. The van der Waals surface area contributed by atoms with Crippen molar-refractivity contribution < 1.29 is 9.63 Å². The fourth-order valence-corrected chi connectivity index (χ4v) is 4.91. The van der Waals surface area contributed by atoms with Gasteiger partial charge in [0.1, 0.15) is 5.03 Å². The van der Waals surface area contributed by atoms with Crippen molar-refractivity contribution in [2.45, 2.75) is 42.1 Å². The maximum atomic E-state index is 11.2. The van der Waals surface area contributed by atoms with E-state index >= 15 is 0 Å². The van der Waals surface area contributed by atoms with Crippen LogP contribution in [0.5, 0.6) is 0 Å². The maximum Gasteiger partial charge on any atom is 0.238 e. The van der Waals surface area contributed by atoms with Crippen LogP contribution in [0.25, 0.3) is 0 Å². The number of hydrogen-bond donors (Lipinski definition) is 0. The average Bonchev–Trinajstić information content (AvgIpc) is 2.83. The van der Waals surface area contributed by atoms with E-state index in [0.717, 1.165) is 48.1 Å². The number of benzene rings is 1. The lowest BCUT2D eigenvalue weighted by molar-refractivity contribution is -0.112. The molecule has 0 bridgehead atoms. The standard InChI is InChI=1S/C25H28N4O2S/c1-19-3-5-22(29(18-30)31-2)15-24(19)21-9-13-28(14-10-21)17-20-4-6-25(27-16-20)32-23-7-11-26-12-8-23/h3-8,11-12,15-16,18,21H,9-10,13-14,17H2,1-2H3. The first-order valence-corrected chi connectivity index (χ1v) is 11.6. The van der Waals surface area contributed by atoms with Crippen LogP contribution < -0.4 is 5.06 Å². The Balaban J connectivity index is 1.33. The molecule has 1 aliphatic heterocycles. The summed E-state index contributed by atoms with van der Waals surface area (Å²) in [5.74, 6) is 0.494. The minimum absolute atomic E-state index is 0.494. The van der Waals surface area contributed by atoms with Gasteiger partial charge in [0, 0.05) is 30.0 Å². The second-order valence-corrected chi connectivity index (χ2v) is 9.09. The zero-order valence-corrected chi connectivity index (χ0v) is 19.3. The number of amides is 1. The van der Waals surface area contributed by atoms with Gasteiger partial charge in [-0.3, -0.25) is 19.5 Å². The number of piperidine rings is 1. The molecule has 1 amide bonds. The van der Waals surface area contributed by atoms with E-state index in [1.165, 1.54) is 28.9 Å². The quantitative estimate of drug-likeness (QED) is 0.363. The molecule has 166 valence electrons. The predicted octanol–water partition coefficient (Wildman–Crippen LogP) is 4.84. The molecule has 3 heterocycles. The third-order valence-corrected chi connectivity index (χ3v) is 6.87. The van der Waals surface area contributed by atoms with Gasteiger partial charge in [0.25, 0.3) is 0 Å². The highest BCUT2D eigenvalue weighted by Crippen LogP contribution is 2.33. The first kappa shape index (κ1) is 22.5. The van der Waals surface area contributed by atoms with Gasteiger partial charge in [0.15, 0.2) is 0 Å². The van der Waals surface area contributed by atoms with Crippen LogP contribution in [-0.2, 0) is 16.2 Å². The molecule has 0 unspecified atom stereocenters. The number of rotatable bonds is 8. The number of aromatic nitrogens is 2. The second kappa shape index (κ2) is 10.7. The summed E-state index contributed by atoms with van der Waals surface area (Å²) in [6, 6.07) is 14.3. The van der Waals surface area contributed by atoms with Crippen molar-refractivity contribution in [2.24, 2.45) is 0 Å². The molecule has 0 aliphatic carbocycles. The molecule has 2 aromatic heterocycles. The molecule has 1 aliphatic rings. The van der Waals surface area contributed by atoms with Crippen molar-refractivity contribution in [3.63, 3.8) is 0 Å². The number of pyridine rings is 2. The van der Waals surface area contributed by atoms with Gasteiger partial charge < -0.3 is 0 Å². The summed E-state index contributed by atoms with van der Waals surface area (Å²) < 4.78 is 0. The van der Waals surface area contributed by atoms with Crippen LogP contribution in [0.2, 0.25) is 0 Å². The van der Waals surface area contributed by atoms with Gasteiger partial charge in [0.05, 0.1) is 12.8 Å². The molecule has 0 atom stereocenters. The Morgan fingerprint density at radius 1 is 1.16 bits per heavy atom. The highest BCUT2D eigenvalue weighted by molar-refractivity contribution is 7.99. The van der Waals surface area contributed by atoms with Crippen molar-refractivity contribution in [3.05, 3.63) is 77.7 Å². The highest BCUT2D eigenvalue weighted by atomic mass is 32.2. The van der Waals surface area contributed by atoms with Crippen molar-refractivity contribution in [1.82, 2.24) is 14.9 Å². The molecule has 1 aromatic carbocycles. The molecule has 0 saturated carbocycles.